The van der Waals surface area contributed by atoms with Crippen molar-refractivity contribution in [2.75, 3.05) is 10.6 Å². The molecule has 110 valence electrons. The third-order valence-corrected chi connectivity index (χ3v) is 3.56. The molecule has 1 saturated carbocycles. The Kier molecular flexibility index (Phi) is 3.94. The summed E-state index contributed by atoms with van der Waals surface area (Å²) < 4.78 is 0. The van der Waals surface area contributed by atoms with Crippen molar-refractivity contribution < 1.29 is 5.11 Å². The number of hydrogen-bond donors (Lipinski definition) is 3. The van der Waals surface area contributed by atoms with Crippen LogP contribution < -0.4 is 10.6 Å². The Hall–Kier alpha value is -1.85. The maximum absolute atomic E-state index is 9.61. The van der Waals surface area contributed by atoms with Gasteiger partial charge in [-0.15, -0.1) is 0 Å². The molecule has 1 heterocycles. The fourth-order valence-electron chi connectivity index (χ4n) is 1.95. The lowest BCUT2D eigenvalue weighted by Gasteiger charge is -2.11. The van der Waals surface area contributed by atoms with Gasteiger partial charge in [0.05, 0.1) is 12.3 Å². The van der Waals surface area contributed by atoms with Crippen molar-refractivity contribution in [2.24, 2.45) is 0 Å². The first-order valence-electron chi connectivity index (χ1n) is 6.96. The summed E-state index contributed by atoms with van der Waals surface area (Å²) in [6.07, 6.45) is 3.38. The molecule has 0 amide bonds. The maximum Gasteiger partial charge on any atom is 0.229 e. The van der Waals surface area contributed by atoms with Crippen LogP contribution in [0.4, 0.5) is 17.5 Å². The van der Waals surface area contributed by atoms with Gasteiger partial charge in [-0.25, -0.2) is 4.98 Å². The number of aliphatic hydroxyl groups is 1. The third-order valence-electron chi connectivity index (χ3n) is 3.29. The highest BCUT2D eigenvalue weighted by Gasteiger charge is 2.22. The molecule has 0 bridgehead atoms. The van der Waals surface area contributed by atoms with Gasteiger partial charge in [-0.1, -0.05) is 23.7 Å². The van der Waals surface area contributed by atoms with Crippen molar-refractivity contribution in [1.29, 1.82) is 0 Å². The van der Waals surface area contributed by atoms with Gasteiger partial charge in [0.25, 0.3) is 0 Å². The van der Waals surface area contributed by atoms with Gasteiger partial charge in [0.2, 0.25) is 5.95 Å². The monoisotopic (exact) mass is 304 g/mol. The summed E-state index contributed by atoms with van der Waals surface area (Å²) in [5.41, 5.74) is 1.67. The van der Waals surface area contributed by atoms with Gasteiger partial charge in [0.15, 0.2) is 5.82 Å². The molecular weight excluding hydrogens is 288 g/mol. The molecule has 1 unspecified atom stereocenters. The lowest BCUT2D eigenvalue weighted by atomic mass is 10.1. The Morgan fingerprint density at radius 2 is 2.19 bits per heavy atom. The van der Waals surface area contributed by atoms with Crippen LogP contribution in [0.5, 0.6) is 0 Å². The van der Waals surface area contributed by atoms with E-state index in [4.69, 9.17) is 11.6 Å². The van der Waals surface area contributed by atoms with E-state index in [-0.39, 0.29) is 0 Å². The average molecular weight is 305 g/mol. The summed E-state index contributed by atoms with van der Waals surface area (Å²) >= 11 is 6.09. The van der Waals surface area contributed by atoms with Crippen molar-refractivity contribution in [2.45, 2.75) is 31.9 Å². The number of halogens is 1. The molecule has 2 aromatic rings. The highest BCUT2D eigenvalue weighted by atomic mass is 35.5. The molecule has 1 fully saturated rings. The lowest BCUT2D eigenvalue weighted by molar-refractivity contribution is 0.199. The zero-order chi connectivity index (χ0) is 14.8. The summed E-state index contributed by atoms with van der Waals surface area (Å²) in [7, 11) is 0. The molecule has 21 heavy (non-hydrogen) atoms. The second kappa shape index (κ2) is 5.87. The van der Waals surface area contributed by atoms with E-state index in [1.807, 2.05) is 24.3 Å². The minimum Gasteiger partial charge on any atom is -0.389 e. The van der Waals surface area contributed by atoms with E-state index in [2.05, 4.69) is 20.6 Å². The molecule has 0 saturated heterocycles. The second-order valence-electron chi connectivity index (χ2n) is 5.24. The lowest BCUT2D eigenvalue weighted by Crippen LogP contribution is -2.06. The first-order chi connectivity index (χ1) is 10.1. The molecule has 1 aromatic heterocycles. The Bertz CT molecular complexity index is 643. The van der Waals surface area contributed by atoms with Crippen LogP contribution in [-0.4, -0.2) is 21.1 Å². The Morgan fingerprint density at radius 1 is 1.38 bits per heavy atom. The largest absolute Gasteiger partial charge is 0.389 e. The zero-order valence-corrected chi connectivity index (χ0v) is 12.4. The fourth-order valence-corrected chi connectivity index (χ4v) is 2.10. The molecule has 0 aliphatic heterocycles. The van der Waals surface area contributed by atoms with Gasteiger partial charge in [-0.3, -0.25) is 0 Å². The van der Waals surface area contributed by atoms with E-state index in [0.717, 1.165) is 24.1 Å². The van der Waals surface area contributed by atoms with Crippen molar-refractivity contribution in [3.05, 3.63) is 41.0 Å². The predicted molar refractivity (Wildman–Crippen MR) is 84.0 cm³/mol. The number of benzene rings is 1. The molecule has 0 spiro atoms. The molecule has 1 aliphatic rings. The van der Waals surface area contributed by atoms with Gasteiger partial charge in [0.1, 0.15) is 5.02 Å². The number of rotatable bonds is 5. The summed E-state index contributed by atoms with van der Waals surface area (Å²) in [5.74, 6) is 1.13. The van der Waals surface area contributed by atoms with Crippen molar-refractivity contribution >= 4 is 29.1 Å². The standard InChI is InChI=1S/C15H17ClN4O/c1-9(21)10-3-2-4-12(7-10)19-15-17-8-13(16)14(20-15)18-11-5-6-11/h2-4,7-9,11,21H,5-6H2,1H3,(H2,17,18,19,20). The molecule has 1 atom stereocenters. The molecular formula is C15H17ClN4O. The Morgan fingerprint density at radius 3 is 2.90 bits per heavy atom. The minimum absolute atomic E-state index is 0.476. The molecule has 1 aromatic carbocycles. The quantitative estimate of drug-likeness (QED) is 0.788. The number of nitrogens with one attached hydrogen (secondary N) is 2. The predicted octanol–water partition coefficient (Wildman–Crippen LogP) is 3.50. The van der Waals surface area contributed by atoms with Crippen LogP contribution in [-0.2, 0) is 0 Å². The minimum atomic E-state index is -0.509. The summed E-state index contributed by atoms with van der Waals surface area (Å²) in [6.45, 7) is 1.73. The number of aliphatic hydroxyl groups excluding tert-OH is 1. The van der Waals surface area contributed by atoms with E-state index in [0.29, 0.717) is 22.8 Å². The Balaban J connectivity index is 1.79. The summed E-state index contributed by atoms with van der Waals surface area (Å²) in [6, 6.07) is 8.00. The first-order valence-corrected chi connectivity index (χ1v) is 7.34. The van der Waals surface area contributed by atoms with Gasteiger partial charge in [-0.2, -0.15) is 4.98 Å². The third kappa shape index (κ3) is 3.62. The number of aromatic nitrogens is 2. The van der Waals surface area contributed by atoms with Gasteiger partial charge in [-0.05, 0) is 37.5 Å². The van der Waals surface area contributed by atoms with E-state index in [1.54, 1.807) is 13.1 Å². The molecule has 1 aliphatic carbocycles. The van der Waals surface area contributed by atoms with Gasteiger partial charge >= 0.3 is 0 Å². The van der Waals surface area contributed by atoms with Gasteiger partial charge in [0, 0.05) is 11.7 Å². The van der Waals surface area contributed by atoms with Crippen molar-refractivity contribution in [1.82, 2.24) is 9.97 Å². The van der Waals surface area contributed by atoms with Crippen molar-refractivity contribution in [3.8, 4) is 0 Å². The number of anilines is 3. The summed E-state index contributed by atoms with van der Waals surface area (Å²) in [5, 5.41) is 16.5. The van der Waals surface area contributed by atoms with E-state index >= 15 is 0 Å². The van der Waals surface area contributed by atoms with Crippen molar-refractivity contribution in [3.63, 3.8) is 0 Å². The molecule has 5 nitrogen and oxygen atoms in total. The van der Waals surface area contributed by atoms with Crippen LogP contribution in [0.25, 0.3) is 0 Å². The second-order valence-corrected chi connectivity index (χ2v) is 5.64. The smallest absolute Gasteiger partial charge is 0.229 e. The zero-order valence-electron chi connectivity index (χ0n) is 11.7. The average Bonchev–Trinajstić information content (AvgIpc) is 3.27. The van der Waals surface area contributed by atoms with Crippen LogP contribution in [0.3, 0.4) is 0 Å². The molecule has 6 heteroatoms. The van der Waals surface area contributed by atoms with Crippen LogP contribution in [0.15, 0.2) is 30.5 Å². The van der Waals surface area contributed by atoms with Crippen LogP contribution in [0.1, 0.15) is 31.4 Å². The number of nitrogens with zero attached hydrogens (tertiary/aromatic N) is 2. The van der Waals surface area contributed by atoms with E-state index in [9.17, 15) is 5.11 Å². The fraction of sp³-hybridized carbons (Fsp3) is 0.333. The number of hydrogen-bond acceptors (Lipinski definition) is 5. The highest BCUT2D eigenvalue weighted by molar-refractivity contribution is 6.32. The molecule has 0 radical (unpaired) electrons. The SMILES string of the molecule is CC(O)c1cccc(Nc2ncc(Cl)c(NC3CC3)n2)c1. The summed E-state index contributed by atoms with van der Waals surface area (Å²) in [4.78, 5) is 8.57. The first kappa shape index (κ1) is 14.1. The molecule has 3 N–H and O–H groups in total. The highest BCUT2D eigenvalue weighted by Crippen LogP contribution is 2.28. The van der Waals surface area contributed by atoms with Crippen LogP contribution >= 0.6 is 11.6 Å². The van der Waals surface area contributed by atoms with Crippen LogP contribution in [0, 0.1) is 0 Å². The van der Waals surface area contributed by atoms with E-state index in [1.165, 1.54) is 0 Å². The Labute approximate surface area is 128 Å². The van der Waals surface area contributed by atoms with Crippen LogP contribution in [0.2, 0.25) is 5.02 Å². The maximum atomic E-state index is 9.61. The van der Waals surface area contributed by atoms with Gasteiger partial charge < -0.3 is 15.7 Å². The molecule has 3 rings (SSSR count). The van der Waals surface area contributed by atoms with E-state index < -0.39 is 6.10 Å². The normalized spacial score (nSPS) is 15.6. The topological polar surface area (TPSA) is 70.1 Å².